The first kappa shape index (κ1) is 37.1. The summed E-state index contributed by atoms with van der Waals surface area (Å²) in [6.07, 6.45) is 10.6. The van der Waals surface area contributed by atoms with Gasteiger partial charge in [0.25, 0.3) is 11.8 Å². The standard InChI is InChI=1S/C39H51N7O6/c1-38(2,52)32-23-41-44-46(32)29-22-31(36(50)43-39(33(47)34(40)48)18-10-3-4-11-19-39)45(24-29)37(51)30(20-25-12-6-5-7-13-25)42-35(49)28-17-16-26-14-8-9-15-27(26)21-28/h8-9,14-17,21,23,25,29-31,52H,3-7,10-13,18-20,22,24H2,1-2H3,(H2,40,48)(H,42,49)(H,43,50)/t29-,30+,31-/m0/s1. The van der Waals surface area contributed by atoms with Gasteiger partial charge in [0.05, 0.1) is 17.9 Å². The smallest absolute Gasteiger partial charge is 0.287 e. The van der Waals surface area contributed by atoms with Crippen LogP contribution in [0.5, 0.6) is 0 Å². The van der Waals surface area contributed by atoms with Crippen molar-refractivity contribution in [3.8, 4) is 0 Å². The van der Waals surface area contributed by atoms with Crippen molar-refractivity contribution in [2.75, 3.05) is 6.54 Å². The molecular weight excluding hydrogens is 662 g/mol. The predicted octanol–water partition coefficient (Wildman–Crippen LogP) is 3.83. The Labute approximate surface area is 304 Å². The predicted molar refractivity (Wildman–Crippen MR) is 194 cm³/mol. The Bertz CT molecular complexity index is 1800. The molecular formula is C39H51N7O6. The van der Waals surface area contributed by atoms with Crippen LogP contribution in [0.1, 0.15) is 119 Å². The van der Waals surface area contributed by atoms with E-state index in [-0.39, 0.29) is 37.6 Å². The van der Waals surface area contributed by atoms with E-state index >= 15 is 0 Å². The average Bonchev–Trinajstić information content (AvgIpc) is 3.75. The summed E-state index contributed by atoms with van der Waals surface area (Å²) in [5.74, 6) is -3.11. The number of nitrogens with zero attached hydrogens (tertiary/aromatic N) is 4. The summed E-state index contributed by atoms with van der Waals surface area (Å²) < 4.78 is 1.55. The van der Waals surface area contributed by atoms with Crippen LogP contribution in [0.2, 0.25) is 0 Å². The number of aliphatic hydroxyl groups is 1. The zero-order valence-electron chi connectivity index (χ0n) is 30.2. The molecule has 52 heavy (non-hydrogen) atoms. The Morgan fingerprint density at radius 3 is 2.31 bits per heavy atom. The van der Waals surface area contributed by atoms with Gasteiger partial charge in [-0.05, 0) is 61.9 Å². The van der Waals surface area contributed by atoms with E-state index in [1.807, 2.05) is 30.3 Å². The van der Waals surface area contributed by atoms with Crippen LogP contribution in [-0.2, 0) is 24.8 Å². The molecule has 4 amide bonds. The topological polar surface area (TPSA) is 190 Å². The van der Waals surface area contributed by atoms with Crippen LogP contribution in [0.4, 0.5) is 0 Å². The Balaban J connectivity index is 1.34. The van der Waals surface area contributed by atoms with E-state index in [9.17, 15) is 29.1 Å². The molecule has 2 aliphatic carbocycles. The highest BCUT2D eigenvalue weighted by Crippen LogP contribution is 2.35. The molecule has 0 spiro atoms. The molecule has 13 heteroatoms. The number of nitrogens with one attached hydrogen (secondary N) is 2. The highest BCUT2D eigenvalue weighted by Gasteiger charge is 2.49. The van der Waals surface area contributed by atoms with E-state index in [1.165, 1.54) is 11.1 Å². The molecule has 2 saturated carbocycles. The quantitative estimate of drug-likeness (QED) is 0.170. The van der Waals surface area contributed by atoms with Gasteiger partial charge in [-0.2, -0.15) is 0 Å². The van der Waals surface area contributed by atoms with Crippen molar-refractivity contribution in [1.29, 1.82) is 0 Å². The molecule has 6 rings (SSSR count). The highest BCUT2D eigenvalue weighted by molar-refractivity contribution is 6.39. The third kappa shape index (κ3) is 8.04. The van der Waals surface area contributed by atoms with Crippen molar-refractivity contribution in [3.05, 3.63) is 59.9 Å². The lowest BCUT2D eigenvalue weighted by Crippen LogP contribution is -2.62. The highest BCUT2D eigenvalue weighted by atomic mass is 16.3. The van der Waals surface area contributed by atoms with E-state index < -0.39 is 52.8 Å². The number of hydrogen-bond donors (Lipinski definition) is 4. The van der Waals surface area contributed by atoms with Crippen molar-refractivity contribution < 1.29 is 29.1 Å². The number of nitrogens with two attached hydrogens (primary N) is 1. The van der Waals surface area contributed by atoms with Gasteiger partial charge in [0.2, 0.25) is 17.6 Å². The summed E-state index contributed by atoms with van der Waals surface area (Å²) in [6.45, 7) is 3.27. The molecule has 0 bridgehead atoms. The molecule has 278 valence electrons. The third-order valence-corrected chi connectivity index (χ3v) is 11.3. The molecule has 0 radical (unpaired) electrons. The lowest BCUT2D eigenvalue weighted by molar-refractivity contribution is -0.145. The van der Waals surface area contributed by atoms with Crippen molar-refractivity contribution in [2.45, 2.75) is 127 Å². The summed E-state index contributed by atoms with van der Waals surface area (Å²) in [5, 5.41) is 27.1. The fourth-order valence-corrected chi connectivity index (χ4v) is 8.48. The number of amides is 4. The summed E-state index contributed by atoms with van der Waals surface area (Å²) in [7, 11) is 0. The van der Waals surface area contributed by atoms with Crippen LogP contribution in [-0.4, -0.2) is 78.6 Å². The van der Waals surface area contributed by atoms with Gasteiger partial charge in [0.15, 0.2) is 0 Å². The molecule has 1 aliphatic heterocycles. The van der Waals surface area contributed by atoms with Crippen LogP contribution in [0, 0.1) is 5.92 Å². The van der Waals surface area contributed by atoms with E-state index in [0.717, 1.165) is 55.7 Å². The summed E-state index contributed by atoms with van der Waals surface area (Å²) in [5.41, 5.74) is 3.58. The van der Waals surface area contributed by atoms with Crippen molar-refractivity contribution in [2.24, 2.45) is 11.7 Å². The van der Waals surface area contributed by atoms with Gasteiger partial charge in [0.1, 0.15) is 23.2 Å². The fourth-order valence-electron chi connectivity index (χ4n) is 8.48. The fraction of sp³-hybridized carbons (Fsp3) is 0.564. The SMILES string of the molecule is CC(C)(O)c1cnnn1[C@H]1C[C@@H](C(=O)NC2(C(=O)C(N)=O)CCCCCC2)N(C(=O)[C@@H](CC2CCCCC2)NC(=O)c2ccc3ccccc3c2)C1. The minimum atomic E-state index is -1.47. The van der Waals surface area contributed by atoms with Crippen LogP contribution in [0.3, 0.4) is 0 Å². The minimum absolute atomic E-state index is 0.0487. The Kier molecular flexibility index (Phi) is 11.1. The molecule has 1 aromatic heterocycles. The molecule has 5 N–H and O–H groups in total. The maximum absolute atomic E-state index is 14.9. The summed E-state index contributed by atoms with van der Waals surface area (Å²) in [6, 6.07) is 10.6. The van der Waals surface area contributed by atoms with Crippen LogP contribution in [0.25, 0.3) is 10.8 Å². The average molecular weight is 714 g/mol. The van der Waals surface area contributed by atoms with Gasteiger partial charge >= 0.3 is 0 Å². The number of primary amides is 1. The first-order valence-electron chi connectivity index (χ1n) is 18.8. The van der Waals surface area contributed by atoms with E-state index in [1.54, 1.807) is 30.7 Å². The molecule has 3 atom stereocenters. The number of carbonyl (C=O) groups is 5. The largest absolute Gasteiger partial charge is 0.384 e. The third-order valence-electron chi connectivity index (χ3n) is 11.3. The van der Waals surface area contributed by atoms with Crippen molar-refractivity contribution in [1.82, 2.24) is 30.5 Å². The molecule has 3 aliphatic rings. The Morgan fingerprint density at radius 1 is 0.962 bits per heavy atom. The summed E-state index contributed by atoms with van der Waals surface area (Å²) >= 11 is 0. The molecule has 13 nitrogen and oxygen atoms in total. The van der Waals surface area contributed by atoms with Crippen LogP contribution in [0.15, 0.2) is 48.7 Å². The minimum Gasteiger partial charge on any atom is -0.384 e. The molecule has 2 aromatic carbocycles. The maximum Gasteiger partial charge on any atom is 0.287 e. The number of Topliss-reactive ketones (excluding diaryl/α,β-unsaturated/α-hetero) is 1. The normalized spacial score (nSPS) is 21.6. The first-order chi connectivity index (χ1) is 24.9. The lowest BCUT2D eigenvalue weighted by Gasteiger charge is -2.35. The number of aromatic nitrogens is 3. The monoisotopic (exact) mass is 713 g/mol. The second kappa shape index (κ2) is 15.5. The molecule has 3 fully saturated rings. The van der Waals surface area contributed by atoms with Crippen molar-refractivity contribution >= 4 is 40.2 Å². The van der Waals surface area contributed by atoms with Gasteiger partial charge in [-0.15, -0.1) is 5.10 Å². The molecule has 2 heterocycles. The molecule has 1 saturated heterocycles. The number of ketones is 1. The zero-order chi connectivity index (χ0) is 37.0. The van der Waals surface area contributed by atoms with Crippen LogP contribution >= 0.6 is 0 Å². The van der Waals surface area contributed by atoms with Gasteiger partial charge < -0.3 is 26.4 Å². The van der Waals surface area contributed by atoms with Gasteiger partial charge in [-0.1, -0.05) is 93.3 Å². The molecule has 3 aromatic rings. The lowest BCUT2D eigenvalue weighted by atomic mass is 9.84. The number of carbonyl (C=O) groups excluding carboxylic acids is 5. The second-order valence-electron chi connectivity index (χ2n) is 15.5. The number of rotatable bonds is 11. The van der Waals surface area contributed by atoms with Crippen LogP contribution < -0.4 is 16.4 Å². The summed E-state index contributed by atoms with van der Waals surface area (Å²) in [4.78, 5) is 70.3. The number of benzene rings is 2. The molecule has 0 unspecified atom stereocenters. The van der Waals surface area contributed by atoms with E-state index in [2.05, 4.69) is 20.9 Å². The van der Waals surface area contributed by atoms with E-state index in [4.69, 9.17) is 5.73 Å². The van der Waals surface area contributed by atoms with E-state index in [0.29, 0.717) is 30.5 Å². The van der Waals surface area contributed by atoms with Gasteiger partial charge in [0, 0.05) is 18.5 Å². The van der Waals surface area contributed by atoms with Gasteiger partial charge in [-0.3, -0.25) is 24.0 Å². The second-order valence-corrected chi connectivity index (χ2v) is 15.5. The Morgan fingerprint density at radius 2 is 1.63 bits per heavy atom. The number of fused-ring (bicyclic) bond motifs is 1. The Hall–Kier alpha value is -4.65. The number of hydrogen-bond acceptors (Lipinski definition) is 8. The van der Waals surface area contributed by atoms with Gasteiger partial charge in [-0.25, -0.2) is 4.68 Å². The maximum atomic E-state index is 14.9. The first-order valence-corrected chi connectivity index (χ1v) is 18.8. The number of likely N-dealkylation sites (tertiary alicyclic amines) is 1. The van der Waals surface area contributed by atoms with Crippen molar-refractivity contribution in [3.63, 3.8) is 0 Å². The zero-order valence-corrected chi connectivity index (χ0v) is 30.2.